The zero-order valence-corrected chi connectivity index (χ0v) is 6.64. The summed E-state index contributed by atoms with van der Waals surface area (Å²) >= 11 is -2.30. The second-order valence-electron chi connectivity index (χ2n) is 2.23. The van der Waals surface area contributed by atoms with Crippen molar-refractivity contribution < 1.29 is 3.79 Å². The summed E-state index contributed by atoms with van der Waals surface area (Å²) in [6.45, 7) is 5.57. The molecule has 0 fully saturated rings. The van der Waals surface area contributed by atoms with E-state index in [1.165, 1.54) is 0 Å². The minimum absolute atomic E-state index is 0. The van der Waals surface area contributed by atoms with Gasteiger partial charge in [-0.15, -0.1) is 0 Å². The first-order chi connectivity index (χ1) is 3.42. The molecule has 1 radical (unpaired) electrons. The van der Waals surface area contributed by atoms with Crippen LogP contribution in [0.15, 0.2) is 0 Å². The summed E-state index contributed by atoms with van der Waals surface area (Å²) in [4.78, 5) is 0. The molecule has 0 aliphatic carbocycles. The van der Waals surface area contributed by atoms with Gasteiger partial charge in [0.15, 0.2) is 0 Å². The van der Waals surface area contributed by atoms with E-state index >= 15 is 0 Å². The molecule has 0 aromatic carbocycles. The fraction of sp³-hybridized carbons (Fsp3) is 1.00. The van der Waals surface area contributed by atoms with Gasteiger partial charge in [0.05, 0.1) is 0 Å². The summed E-state index contributed by atoms with van der Waals surface area (Å²) < 4.78 is 18.5. The molecular formula is C4H11AlLiO. The molecule has 0 amide bonds. The van der Waals surface area contributed by atoms with Crippen LogP contribution in [0.2, 0.25) is 0 Å². The Labute approximate surface area is 67.5 Å². The molecule has 0 bridgehead atoms. The van der Waals surface area contributed by atoms with Crippen LogP contribution in [-0.4, -0.2) is 42.7 Å². The molecule has 0 unspecified atom stereocenters. The molecule has 0 heterocycles. The van der Waals surface area contributed by atoms with Crippen LogP contribution in [0.25, 0.3) is 0 Å². The Kier molecular flexibility index (Phi) is 3.57. The Morgan fingerprint density at radius 1 is 1.57 bits per heavy atom. The van der Waals surface area contributed by atoms with E-state index in [-0.39, 0.29) is 24.5 Å². The minimum atomic E-state index is -2.30. The van der Waals surface area contributed by atoms with Crippen LogP contribution in [0.4, 0.5) is 0 Å². The van der Waals surface area contributed by atoms with Crippen LogP contribution < -0.4 is 0 Å². The molecule has 0 rings (SSSR count). The number of hydrogen-bond acceptors (Lipinski definition) is 1. The maximum Gasteiger partial charge on any atom is 0.410 e. The van der Waals surface area contributed by atoms with Gasteiger partial charge in [0.2, 0.25) is 0 Å². The predicted octanol–water partition coefficient (Wildman–Crippen LogP) is -0.0312. The maximum absolute atomic E-state index is 6.82. The second kappa shape index (κ2) is 4.02. The van der Waals surface area contributed by atoms with Gasteiger partial charge in [-0.2, -0.15) is 0 Å². The number of rotatable bonds is 1. The standard InChI is InChI=1S/C4H9O.Al.Li.2H/c1-4(2,3)5;;;;/h1-3H3;;;;/q-1;+1;;;/i;;;2*1+1. The third-order valence-electron chi connectivity index (χ3n) is 0.354. The van der Waals surface area contributed by atoms with E-state index in [4.69, 9.17) is 5.67 Å². The first-order valence-corrected chi connectivity index (χ1v) is 2.41. The first-order valence-electron chi connectivity index (χ1n) is 3.09. The van der Waals surface area contributed by atoms with Crippen molar-refractivity contribution >= 4 is 35.2 Å². The van der Waals surface area contributed by atoms with Crippen LogP contribution in [0, 0.1) is 0 Å². The third kappa shape index (κ3) is 11.0. The van der Waals surface area contributed by atoms with Crippen molar-refractivity contribution in [1.29, 1.82) is 1.88 Å². The molecular weight excluding hydrogens is 98.0 g/mol. The fourth-order valence-electron chi connectivity index (χ4n) is 0. The summed E-state index contributed by atoms with van der Waals surface area (Å²) in [5.41, 5.74) is -0.291. The Hall–Kier alpha value is 1.09. The topological polar surface area (TPSA) is 9.23 Å². The third-order valence-corrected chi connectivity index (χ3v) is 1.06. The summed E-state index contributed by atoms with van der Waals surface area (Å²) in [7, 11) is 0. The zero-order valence-electron chi connectivity index (χ0n) is 7.49. The smallest absolute Gasteiger partial charge is 0.410 e. The van der Waals surface area contributed by atoms with Crippen LogP contribution in [0.5, 0.6) is 0 Å². The van der Waals surface area contributed by atoms with Gasteiger partial charge in [0.25, 0.3) is 0 Å². The molecule has 3 heteroatoms. The molecule has 0 saturated carbocycles. The van der Waals surface area contributed by atoms with Crippen molar-refractivity contribution in [3.63, 3.8) is 0 Å². The normalized spacial score (nSPS) is 13.6. The molecule has 0 aliphatic rings. The van der Waals surface area contributed by atoms with Gasteiger partial charge in [-0.05, 0) is 22.6 Å². The Morgan fingerprint density at radius 3 is 2.00 bits per heavy atom. The molecule has 0 spiro atoms. The SMILES string of the molecule is [2H][Al]([2H])[O]C(C)(C)C.[Li]. The van der Waals surface area contributed by atoms with Crippen LogP contribution in [0.3, 0.4) is 0 Å². The largest absolute Gasteiger partial charge is 0.502 e. The van der Waals surface area contributed by atoms with Crippen molar-refractivity contribution in [3.05, 3.63) is 0 Å². The van der Waals surface area contributed by atoms with Gasteiger partial charge in [-0.1, -0.05) is 0 Å². The van der Waals surface area contributed by atoms with Gasteiger partial charge in [-0.3, -0.25) is 0 Å². The van der Waals surface area contributed by atoms with Gasteiger partial charge >= 0.3 is 16.4 Å². The molecule has 0 saturated heterocycles. The van der Waals surface area contributed by atoms with Crippen molar-refractivity contribution in [2.24, 2.45) is 0 Å². The summed E-state index contributed by atoms with van der Waals surface area (Å²) in [6, 6.07) is 0. The van der Waals surface area contributed by atoms with E-state index in [0.717, 1.165) is 0 Å². The molecule has 37 valence electrons. The fourth-order valence-corrected chi connectivity index (χ4v) is 0. The van der Waals surface area contributed by atoms with Gasteiger partial charge < -0.3 is 3.79 Å². The average Bonchev–Trinajstić information content (AvgIpc) is 1.21. The van der Waals surface area contributed by atoms with Crippen LogP contribution in [0.1, 0.15) is 20.8 Å². The summed E-state index contributed by atoms with van der Waals surface area (Å²) in [5.74, 6) is 0. The van der Waals surface area contributed by atoms with Crippen LogP contribution >= 0.6 is 0 Å². The van der Waals surface area contributed by atoms with E-state index in [1.807, 2.05) is 20.8 Å². The van der Waals surface area contributed by atoms with Gasteiger partial charge in [0.1, 0.15) is 0 Å². The van der Waals surface area contributed by atoms with Gasteiger partial charge in [0, 0.05) is 24.5 Å². The minimum Gasteiger partial charge on any atom is -0.502 e. The van der Waals surface area contributed by atoms with Crippen molar-refractivity contribution in [2.45, 2.75) is 26.4 Å². The molecule has 0 N–H and O–H groups in total. The number of hydrogen-bond donors (Lipinski definition) is 0. The van der Waals surface area contributed by atoms with Gasteiger partial charge in [-0.25, -0.2) is 0 Å². The molecule has 0 aromatic heterocycles. The molecule has 0 aliphatic heterocycles. The summed E-state index contributed by atoms with van der Waals surface area (Å²) in [6.07, 6.45) is 0. The Morgan fingerprint density at radius 2 is 2.00 bits per heavy atom. The van der Waals surface area contributed by atoms with Crippen molar-refractivity contribution in [3.8, 4) is 0 Å². The first kappa shape index (κ1) is 6.21. The zero-order chi connectivity index (χ0) is 6.78. The molecule has 7 heavy (non-hydrogen) atoms. The van der Waals surface area contributed by atoms with Crippen molar-refractivity contribution in [2.75, 3.05) is 0 Å². The second-order valence-corrected chi connectivity index (χ2v) is 2.47. The summed E-state index contributed by atoms with van der Waals surface area (Å²) in [5, 5.41) is 0. The van der Waals surface area contributed by atoms with Crippen molar-refractivity contribution in [1.82, 2.24) is 0 Å². The molecule has 0 aromatic rings. The van der Waals surface area contributed by atoms with E-state index in [1.54, 1.807) is 0 Å². The van der Waals surface area contributed by atoms with Crippen LogP contribution in [-0.2, 0) is 3.79 Å². The van der Waals surface area contributed by atoms with E-state index in [2.05, 4.69) is 0 Å². The molecule has 0 atom stereocenters. The average molecular weight is 111 g/mol. The van der Waals surface area contributed by atoms with E-state index < -0.39 is 16.4 Å². The Balaban J connectivity index is 0. The Bertz CT molecular complexity index is 73.5. The predicted molar refractivity (Wildman–Crippen MR) is 35.1 cm³/mol. The molecule has 1 nitrogen and oxygen atoms in total. The quantitative estimate of drug-likeness (QED) is 0.432. The monoisotopic (exact) mass is 111 g/mol. The maximum atomic E-state index is 6.82. The van der Waals surface area contributed by atoms with E-state index in [0.29, 0.717) is 0 Å². The van der Waals surface area contributed by atoms with E-state index in [9.17, 15) is 0 Å².